The average Bonchev–Trinajstić information content (AvgIpc) is 2.20. The second-order valence-corrected chi connectivity index (χ2v) is 3.37. The number of thiol groups is 1. The Labute approximate surface area is 85.5 Å². The molecule has 0 heterocycles. The van der Waals surface area contributed by atoms with E-state index in [0.717, 1.165) is 12.2 Å². The van der Waals surface area contributed by atoms with Crippen LogP contribution in [0.25, 0.3) is 0 Å². The minimum atomic E-state index is 0.120. The molecule has 0 spiro atoms. The van der Waals surface area contributed by atoms with E-state index in [4.69, 9.17) is 4.74 Å². The van der Waals surface area contributed by atoms with Crippen molar-refractivity contribution < 1.29 is 4.74 Å². The SMILES string of the molecule is CCc1cccc(C(CS)OC)c1. The van der Waals surface area contributed by atoms with Crippen LogP contribution in [0.3, 0.4) is 0 Å². The van der Waals surface area contributed by atoms with Gasteiger partial charge in [0.2, 0.25) is 0 Å². The van der Waals surface area contributed by atoms with Crippen LogP contribution in [0.1, 0.15) is 24.2 Å². The van der Waals surface area contributed by atoms with Gasteiger partial charge in [-0.1, -0.05) is 31.2 Å². The van der Waals surface area contributed by atoms with Crippen LogP contribution in [0.15, 0.2) is 24.3 Å². The summed E-state index contributed by atoms with van der Waals surface area (Å²) in [5, 5.41) is 0. The number of hydrogen-bond donors (Lipinski definition) is 1. The fraction of sp³-hybridized carbons (Fsp3) is 0.455. The van der Waals surface area contributed by atoms with E-state index in [1.165, 1.54) is 11.1 Å². The van der Waals surface area contributed by atoms with Crippen molar-refractivity contribution in [3.05, 3.63) is 35.4 Å². The minimum Gasteiger partial charge on any atom is -0.376 e. The Bertz CT molecular complexity index is 256. The van der Waals surface area contributed by atoms with Crippen molar-refractivity contribution in [3.63, 3.8) is 0 Å². The highest BCUT2D eigenvalue weighted by atomic mass is 32.1. The third kappa shape index (κ3) is 2.75. The second-order valence-electron chi connectivity index (χ2n) is 3.01. The molecule has 1 rings (SSSR count). The van der Waals surface area contributed by atoms with Gasteiger partial charge in [0.1, 0.15) is 0 Å². The number of benzene rings is 1. The summed E-state index contributed by atoms with van der Waals surface area (Å²) >= 11 is 4.25. The molecule has 1 aromatic rings. The van der Waals surface area contributed by atoms with Crippen LogP contribution >= 0.6 is 12.6 Å². The van der Waals surface area contributed by atoms with Gasteiger partial charge in [0.15, 0.2) is 0 Å². The lowest BCUT2D eigenvalue weighted by Crippen LogP contribution is -2.03. The molecule has 0 aliphatic rings. The molecule has 0 radical (unpaired) electrons. The van der Waals surface area contributed by atoms with Gasteiger partial charge >= 0.3 is 0 Å². The van der Waals surface area contributed by atoms with Gasteiger partial charge in [-0.2, -0.15) is 12.6 Å². The molecule has 0 aromatic heterocycles. The Morgan fingerprint density at radius 2 is 2.23 bits per heavy atom. The number of methoxy groups -OCH3 is 1. The lowest BCUT2D eigenvalue weighted by atomic mass is 10.1. The molecule has 0 fully saturated rings. The predicted molar refractivity (Wildman–Crippen MR) is 59.4 cm³/mol. The molecular formula is C11H16OS. The first kappa shape index (κ1) is 10.6. The molecule has 0 aliphatic heterocycles. The highest BCUT2D eigenvalue weighted by molar-refractivity contribution is 7.80. The van der Waals surface area contributed by atoms with Crippen molar-refractivity contribution in [2.75, 3.05) is 12.9 Å². The highest BCUT2D eigenvalue weighted by Gasteiger charge is 2.07. The molecule has 13 heavy (non-hydrogen) atoms. The zero-order chi connectivity index (χ0) is 9.68. The Kier molecular flexibility index (Phi) is 4.33. The van der Waals surface area contributed by atoms with Crippen LogP contribution < -0.4 is 0 Å². The first-order valence-electron chi connectivity index (χ1n) is 4.54. The maximum absolute atomic E-state index is 5.31. The van der Waals surface area contributed by atoms with Gasteiger partial charge in [-0.25, -0.2) is 0 Å². The molecule has 72 valence electrons. The molecule has 1 unspecified atom stereocenters. The van der Waals surface area contributed by atoms with Gasteiger partial charge in [0, 0.05) is 12.9 Å². The zero-order valence-corrected chi connectivity index (χ0v) is 9.05. The van der Waals surface area contributed by atoms with Crippen molar-refractivity contribution >= 4 is 12.6 Å². The van der Waals surface area contributed by atoms with Crippen LogP contribution in [-0.2, 0) is 11.2 Å². The van der Waals surface area contributed by atoms with Crippen LogP contribution in [0.5, 0.6) is 0 Å². The second kappa shape index (κ2) is 5.30. The van der Waals surface area contributed by atoms with Crippen molar-refractivity contribution in [1.29, 1.82) is 0 Å². The highest BCUT2D eigenvalue weighted by Crippen LogP contribution is 2.19. The summed E-state index contributed by atoms with van der Waals surface area (Å²) in [4.78, 5) is 0. The van der Waals surface area contributed by atoms with Gasteiger partial charge < -0.3 is 4.74 Å². The Morgan fingerprint density at radius 1 is 1.46 bits per heavy atom. The van der Waals surface area contributed by atoms with E-state index in [1.807, 2.05) is 0 Å². The lowest BCUT2D eigenvalue weighted by molar-refractivity contribution is 0.123. The molecule has 0 saturated heterocycles. The summed E-state index contributed by atoms with van der Waals surface area (Å²) in [6.45, 7) is 2.15. The van der Waals surface area contributed by atoms with E-state index in [1.54, 1.807) is 7.11 Å². The maximum atomic E-state index is 5.31. The van der Waals surface area contributed by atoms with Crippen molar-refractivity contribution in [3.8, 4) is 0 Å². The molecule has 0 bridgehead atoms. The van der Waals surface area contributed by atoms with Crippen molar-refractivity contribution in [2.24, 2.45) is 0 Å². The summed E-state index contributed by atoms with van der Waals surface area (Å²) < 4.78 is 5.31. The molecule has 0 amide bonds. The molecule has 0 aliphatic carbocycles. The topological polar surface area (TPSA) is 9.23 Å². The maximum Gasteiger partial charge on any atom is 0.0909 e. The van der Waals surface area contributed by atoms with Gasteiger partial charge in [-0.15, -0.1) is 0 Å². The van der Waals surface area contributed by atoms with E-state index < -0.39 is 0 Å². The quantitative estimate of drug-likeness (QED) is 0.729. The van der Waals surface area contributed by atoms with E-state index in [2.05, 4.69) is 43.8 Å². The van der Waals surface area contributed by atoms with E-state index >= 15 is 0 Å². The largest absolute Gasteiger partial charge is 0.376 e. The summed E-state index contributed by atoms with van der Waals surface area (Å²) in [5.41, 5.74) is 2.57. The summed E-state index contributed by atoms with van der Waals surface area (Å²) in [7, 11) is 1.72. The average molecular weight is 196 g/mol. The van der Waals surface area contributed by atoms with Crippen LogP contribution in [0.2, 0.25) is 0 Å². The first-order valence-corrected chi connectivity index (χ1v) is 5.17. The fourth-order valence-corrected chi connectivity index (χ4v) is 1.69. The Morgan fingerprint density at radius 3 is 2.77 bits per heavy atom. The van der Waals surface area contributed by atoms with Crippen molar-refractivity contribution in [1.82, 2.24) is 0 Å². The zero-order valence-electron chi connectivity index (χ0n) is 8.16. The molecule has 1 atom stereocenters. The van der Waals surface area contributed by atoms with Gasteiger partial charge in [0.25, 0.3) is 0 Å². The molecule has 0 saturated carbocycles. The van der Waals surface area contributed by atoms with E-state index in [-0.39, 0.29) is 6.10 Å². The molecule has 2 heteroatoms. The fourth-order valence-electron chi connectivity index (χ4n) is 1.33. The van der Waals surface area contributed by atoms with Gasteiger partial charge in [-0.3, -0.25) is 0 Å². The number of ether oxygens (including phenoxy) is 1. The summed E-state index contributed by atoms with van der Waals surface area (Å²) in [6, 6.07) is 8.48. The van der Waals surface area contributed by atoms with Crippen LogP contribution in [0, 0.1) is 0 Å². The smallest absolute Gasteiger partial charge is 0.0909 e. The third-order valence-corrected chi connectivity index (χ3v) is 2.51. The van der Waals surface area contributed by atoms with E-state index in [0.29, 0.717) is 0 Å². The van der Waals surface area contributed by atoms with Gasteiger partial charge in [0.05, 0.1) is 6.10 Å². The molecule has 1 aromatic carbocycles. The number of aryl methyl sites for hydroxylation is 1. The van der Waals surface area contributed by atoms with Crippen LogP contribution in [-0.4, -0.2) is 12.9 Å². The van der Waals surface area contributed by atoms with Crippen molar-refractivity contribution in [2.45, 2.75) is 19.4 Å². The Balaban J connectivity index is 2.86. The Hall–Kier alpha value is -0.470. The summed E-state index contributed by atoms with van der Waals surface area (Å²) in [5.74, 6) is 0.726. The normalized spacial score (nSPS) is 12.8. The number of rotatable bonds is 4. The van der Waals surface area contributed by atoms with Gasteiger partial charge in [-0.05, 0) is 17.5 Å². The van der Waals surface area contributed by atoms with Crippen LogP contribution in [0.4, 0.5) is 0 Å². The molecule has 1 nitrogen and oxygen atoms in total. The lowest BCUT2D eigenvalue weighted by Gasteiger charge is -2.13. The summed E-state index contributed by atoms with van der Waals surface area (Å²) in [6.07, 6.45) is 1.19. The first-order chi connectivity index (χ1) is 6.31. The standard InChI is InChI=1S/C11H16OS/c1-3-9-5-4-6-10(7-9)11(8-13)12-2/h4-7,11,13H,3,8H2,1-2H3. The van der Waals surface area contributed by atoms with E-state index in [9.17, 15) is 0 Å². The third-order valence-electron chi connectivity index (χ3n) is 2.18. The minimum absolute atomic E-state index is 0.120. The molecular weight excluding hydrogens is 180 g/mol. The number of hydrogen-bond acceptors (Lipinski definition) is 2. The monoisotopic (exact) mass is 196 g/mol. The predicted octanol–water partition coefficient (Wildman–Crippen LogP) is 2.87. The molecule has 0 N–H and O–H groups in total.